The highest BCUT2D eigenvalue weighted by molar-refractivity contribution is 5.67. The molecule has 2 nitrogen and oxygen atoms in total. The van der Waals surface area contributed by atoms with Gasteiger partial charge in [0.05, 0.1) is 0 Å². The van der Waals surface area contributed by atoms with Crippen molar-refractivity contribution in [1.29, 1.82) is 0 Å². The molecule has 74 valence electrons. The minimum atomic E-state index is -0.343. The lowest BCUT2D eigenvalue weighted by molar-refractivity contribution is -0.156. The molecule has 0 atom stereocenters. The molecule has 0 bridgehead atoms. The number of carbonyl (C=O) groups excluding carboxylic acids is 1. The van der Waals surface area contributed by atoms with Crippen LogP contribution in [0.4, 0.5) is 0 Å². The van der Waals surface area contributed by atoms with Crippen LogP contribution in [0.1, 0.15) is 46.0 Å². The van der Waals surface area contributed by atoms with Gasteiger partial charge in [-0.25, -0.2) is 0 Å². The van der Waals surface area contributed by atoms with E-state index in [4.69, 9.17) is 4.74 Å². The largest absolute Gasteiger partial charge is 0.455 e. The van der Waals surface area contributed by atoms with Crippen molar-refractivity contribution >= 4 is 5.97 Å². The van der Waals surface area contributed by atoms with Crippen LogP contribution in [0.15, 0.2) is 12.2 Å². The molecule has 0 saturated heterocycles. The third-order valence-corrected chi connectivity index (χ3v) is 2.78. The molecular formula is C11H18O2. The molecular weight excluding hydrogens is 164 g/mol. The molecule has 2 heteroatoms. The number of hydrogen-bond acceptors (Lipinski definition) is 2. The van der Waals surface area contributed by atoms with Crippen LogP contribution in [0.25, 0.3) is 0 Å². The summed E-state index contributed by atoms with van der Waals surface area (Å²) in [7, 11) is 0. The van der Waals surface area contributed by atoms with E-state index < -0.39 is 0 Å². The van der Waals surface area contributed by atoms with E-state index in [0.29, 0.717) is 0 Å². The second-order valence-corrected chi connectivity index (χ2v) is 3.93. The molecule has 0 aliphatic heterocycles. The van der Waals surface area contributed by atoms with Crippen LogP contribution < -0.4 is 0 Å². The number of carbonyl (C=O) groups is 1. The van der Waals surface area contributed by atoms with Gasteiger partial charge in [0.1, 0.15) is 5.60 Å². The third kappa shape index (κ3) is 2.33. The minimum Gasteiger partial charge on any atom is -0.455 e. The van der Waals surface area contributed by atoms with Gasteiger partial charge in [0.2, 0.25) is 0 Å². The smallest absolute Gasteiger partial charge is 0.303 e. The molecule has 0 spiro atoms. The molecule has 0 aromatic carbocycles. The van der Waals surface area contributed by atoms with Crippen LogP contribution in [0.3, 0.4) is 0 Å². The van der Waals surface area contributed by atoms with Crippen molar-refractivity contribution < 1.29 is 9.53 Å². The lowest BCUT2D eigenvalue weighted by Gasteiger charge is -2.37. The van der Waals surface area contributed by atoms with Gasteiger partial charge in [-0.05, 0) is 38.2 Å². The lowest BCUT2D eigenvalue weighted by atomic mass is 9.80. The van der Waals surface area contributed by atoms with E-state index in [1.807, 2.05) is 6.92 Å². The fourth-order valence-electron chi connectivity index (χ4n) is 2.01. The number of hydrogen-bond donors (Lipinski definition) is 0. The summed E-state index contributed by atoms with van der Waals surface area (Å²) in [5.74, 6) is -0.190. The maximum atomic E-state index is 11.0. The molecule has 13 heavy (non-hydrogen) atoms. The fraction of sp³-hybridized carbons (Fsp3) is 0.727. The van der Waals surface area contributed by atoms with Crippen LogP contribution in [-0.4, -0.2) is 11.6 Å². The summed E-state index contributed by atoms with van der Waals surface area (Å²) in [5.41, 5.74) is 0.645. The van der Waals surface area contributed by atoms with E-state index >= 15 is 0 Å². The first-order valence-corrected chi connectivity index (χ1v) is 4.92. The Kier molecular flexibility index (Phi) is 3.12. The van der Waals surface area contributed by atoms with E-state index in [2.05, 4.69) is 6.58 Å². The van der Waals surface area contributed by atoms with Crippen molar-refractivity contribution in [3.63, 3.8) is 0 Å². The molecule has 1 aliphatic rings. The molecule has 0 heterocycles. The second-order valence-electron chi connectivity index (χ2n) is 3.93. The maximum Gasteiger partial charge on any atom is 0.303 e. The van der Waals surface area contributed by atoms with Gasteiger partial charge in [-0.15, -0.1) is 0 Å². The van der Waals surface area contributed by atoms with E-state index in [1.54, 1.807) is 0 Å². The molecule has 0 amide bonds. The fourth-order valence-corrected chi connectivity index (χ4v) is 2.01. The Balaban J connectivity index is 2.73. The molecule has 0 aromatic rings. The van der Waals surface area contributed by atoms with Crippen molar-refractivity contribution in [1.82, 2.24) is 0 Å². The highest BCUT2D eigenvalue weighted by Crippen LogP contribution is 2.36. The standard InChI is InChI=1S/C11H18O2/c1-9(2)11(13-10(3)12)7-5-4-6-8-11/h1,4-8H2,2-3H3. The molecule has 1 saturated carbocycles. The van der Waals surface area contributed by atoms with Crippen LogP contribution in [0.2, 0.25) is 0 Å². The van der Waals surface area contributed by atoms with Crippen molar-refractivity contribution in [2.24, 2.45) is 0 Å². The molecule has 0 aromatic heterocycles. The summed E-state index contributed by atoms with van der Waals surface area (Å²) in [4.78, 5) is 11.0. The van der Waals surface area contributed by atoms with Crippen LogP contribution >= 0.6 is 0 Å². The van der Waals surface area contributed by atoms with E-state index in [0.717, 1.165) is 31.3 Å². The number of rotatable bonds is 2. The normalized spacial score (nSPS) is 20.8. The molecule has 0 radical (unpaired) electrons. The zero-order valence-corrected chi connectivity index (χ0v) is 8.56. The van der Waals surface area contributed by atoms with Gasteiger partial charge in [-0.3, -0.25) is 4.79 Å². The van der Waals surface area contributed by atoms with Crippen LogP contribution in [0.5, 0.6) is 0 Å². The Morgan fingerprint density at radius 1 is 1.23 bits per heavy atom. The number of ether oxygens (including phenoxy) is 1. The summed E-state index contributed by atoms with van der Waals surface area (Å²) < 4.78 is 5.40. The summed E-state index contributed by atoms with van der Waals surface area (Å²) in [6.45, 7) is 7.35. The highest BCUT2D eigenvalue weighted by Gasteiger charge is 2.35. The zero-order valence-electron chi connectivity index (χ0n) is 8.56. The Labute approximate surface area is 80.0 Å². The topological polar surface area (TPSA) is 26.3 Å². The van der Waals surface area contributed by atoms with Crippen LogP contribution in [-0.2, 0) is 9.53 Å². The molecule has 1 aliphatic carbocycles. The minimum absolute atomic E-state index is 0.190. The average molecular weight is 182 g/mol. The van der Waals surface area contributed by atoms with Crippen LogP contribution in [0, 0.1) is 0 Å². The number of esters is 1. The van der Waals surface area contributed by atoms with Gasteiger partial charge >= 0.3 is 5.97 Å². The predicted molar refractivity (Wildman–Crippen MR) is 52.4 cm³/mol. The Bertz CT molecular complexity index is 212. The Morgan fingerprint density at radius 2 is 1.77 bits per heavy atom. The van der Waals surface area contributed by atoms with Crippen molar-refractivity contribution in [3.8, 4) is 0 Å². The molecule has 1 rings (SSSR count). The molecule has 0 N–H and O–H groups in total. The molecule has 1 fully saturated rings. The lowest BCUT2D eigenvalue weighted by Crippen LogP contribution is -2.37. The van der Waals surface area contributed by atoms with Gasteiger partial charge in [-0.2, -0.15) is 0 Å². The highest BCUT2D eigenvalue weighted by atomic mass is 16.6. The first-order valence-electron chi connectivity index (χ1n) is 4.92. The van der Waals surface area contributed by atoms with Crippen molar-refractivity contribution in [2.75, 3.05) is 0 Å². The van der Waals surface area contributed by atoms with E-state index in [9.17, 15) is 4.79 Å². The third-order valence-electron chi connectivity index (χ3n) is 2.78. The van der Waals surface area contributed by atoms with Crippen molar-refractivity contribution in [3.05, 3.63) is 12.2 Å². The van der Waals surface area contributed by atoms with Gasteiger partial charge in [0, 0.05) is 6.92 Å². The zero-order chi connectivity index (χ0) is 9.90. The van der Waals surface area contributed by atoms with Crippen molar-refractivity contribution in [2.45, 2.75) is 51.6 Å². The first-order chi connectivity index (χ1) is 6.07. The van der Waals surface area contributed by atoms with E-state index in [-0.39, 0.29) is 11.6 Å². The SMILES string of the molecule is C=C(C)C1(OC(C)=O)CCCCC1. The first kappa shape index (κ1) is 10.3. The summed E-state index contributed by atoms with van der Waals surface area (Å²) in [5, 5.41) is 0. The van der Waals surface area contributed by atoms with Gasteiger partial charge in [0.15, 0.2) is 0 Å². The summed E-state index contributed by atoms with van der Waals surface area (Å²) in [6, 6.07) is 0. The van der Waals surface area contributed by atoms with Gasteiger partial charge in [0.25, 0.3) is 0 Å². The summed E-state index contributed by atoms with van der Waals surface area (Å²) in [6.07, 6.45) is 5.42. The Morgan fingerprint density at radius 3 is 2.15 bits per heavy atom. The molecule has 0 unspecified atom stereocenters. The Hall–Kier alpha value is -0.790. The average Bonchev–Trinajstić information content (AvgIpc) is 2.04. The van der Waals surface area contributed by atoms with Gasteiger partial charge in [-0.1, -0.05) is 13.0 Å². The quantitative estimate of drug-likeness (QED) is 0.485. The maximum absolute atomic E-state index is 11.0. The van der Waals surface area contributed by atoms with E-state index in [1.165, 1.54) is 13.3 Å². The second kappa shape index (κ2) is 3.95. The summed E-state index contributed by atoms with van der Waals surface area (Å²) >= 11 is 0. The predicted octanol–water partition coefficient (Wildman–Crippen LogP) is 2.83. The monoisotopic (exact) mass is 182 g/mol. The van der Waals surface area contributed by atoms with Gasteiger partial charge < -0.3 is 4.74 Å².